The minimum Gasteiger partial charge on any atom is -0.424 e. The highest BCUT2D eigenvalue weighted by Crippen LogP contribution is 2.43. The molecule has 2 aromatic carbocycles. The molecule has 1 aromatic heterocycles. The van der Waals surface area contributed by atoms with Crippen LogP contribution in [0, 0.1) is 12.8 Å². The van der Waals surface area contributed by atoms with Crippen molar-refractivity contribution >= 4 is 0 Å². The molecule has 0 spiro atoms. The van der Waals surface area contributed by atoms with Gasteiger partial charge in [0.2, 0.25) is 11.8 Å². The van der Waals surface area contributed by atoms with Gasteiger partial charge < -0.3 is 9.32 Å². The number of aryl methyl sites for hydroxylation is 1. The Morgan fingerprint density at radius 3 is 2.00 bits per heavy atom. The van der Waals surface area contributed by atoms with E-state index in [9.17, 15) is 0 Å². The van der Waals surface area contributed by atoms with Gasteiger partial charge in [-0.3, -0.25) is 0 Å². The molecule has 0 amide bonds. The molecule has 29 heavy (non-hydrogen) atoms. The molecule has 4 heteroatoms. The second-order valence-corrected chi connectivity index (χ2v) is 8.68. The van der Waals surface area contributed by atoms with E-state index in [2.05, 4.69) is 75.8 Å². The fraction of sp³-hybridized carbons (Fsp3) is 0.440. The molecule has 0 atom stereocenters. The second kappa shape index (κ2) is 7.75. The van der Waals surface area contributed by atoms with Gasteiger partial charge in [-0.15, -0.1) is 10.2 Å². The Labute approximate surface area is 173 Å². The Balaban J connectivity index is 1.58. The summed E-state index contributed by atoms with van der Waals surface area (Å²) in [6, 6.07) is 22.1. The first-order valence-electron chi connectivity index (χ1n) is 10.9. The molecule has 1 saturated carbocycles. The van der Waals surface area contributed by atoms with E-state index in [1.54, 1.807) is 0 Å². The SMILES string of the molecule is Cc1nnc(C(CCN2CC3CCC2CC3)(c2ccccc2)c2ccccc2)o1. The fourth-order valence-corrected chi connectivity index (χ4v) is 5.48. The molecule has 0 N–H and O–H groups in total. The molecular formula is C25H29N3O. The van der Waals surface area contributed by atoms with E-state index in [0.29, 0.717) is 11.8 Å². The van der Waals surface area contributed by atoms with E-state index in [4.69, 9.17) is 4.42 Å². The normalized spacial score (nSPS) is 22.1. The average molecular weight is 388 g/mol. The summed E-state index contributed by atoms with van der Waals surface area (Å²) in [6.07, 6.45) is 6.47. The Morgan fingerprint density at radius 1 is 0.897 bits per heavy atom. The lowest BCUT2D eigenvalue weighted by atomic mass is 9.71. The van der Waals surface area contributed by atoms with Crippen LogP contribution in [0.15, 0.2) is 65.1 Å². The Hall–Kier alpha value is -2.46. The summed E-state index contributed by atoms with van der Waals surface area (Å²) in [5.74, 6) is 2.20. The zero-order chi connectivity index (χ0) is 19.7. The molecule has 2 aliphatic heterocycles. The van der Waals surface area contributed by atoms with Gasteiger partial charge in [-0.05, 0) is 49.1 Å². The van der Waals surface area contributed by atoms with E-state index >= 15 is 0 Å². The number of rotatable bonds is 6. The first kappa shape index (κ1) is 18.6. The van der Waals surface area contributed by atoms with Crippen LogP contribution >= 0.6 is 0 Å². The zero-order valence-corrected chi connectivity index (χ0v) is 17.1. The fourth-order valence-electron chi connectivity index (χ4n) is 5.48. The molecule has 150 valence electrons. The Kier molecular flexibility index (Phi) is 4.96. The van der Waals surface area contributed by atoms with Crippen molar-refractivity contribution in [2.24, 2.45) is 5.92 Å². The third-order valence-electron chi connectivity index (χ3n) is 7.02. The number of benzene rings is 2. The lowest BCUT2D eigenvalue weighted by Gasteiger charge is -2.46. The molecule has 1 aliphatic carbocycles. The maximum absolute atomic E-state index is 6.12. The molecule has 0 radical (unpaired) electrons. The molecule has 6 rings (SSSR count). The lowest BCUT2D eigenvalue weighted by Crippen LogP contribution is -2.49. The van der Waals surface area contributed by atoms with Gasteiger partial charge in [0.15, 0.2) is 0 Å². The van der Waals surface area contributed by atoms with E-state index < -0.39 is 5.41 Å². The Morgan fingerprint density at radius 2 is 1.52 bits per heavy atom. The molecule has 0 unspecified atom stereocenters. The summed E-state index contributed by atoms with van der Waals surface area (Å²) < 4.78 is 6.12. The minimum atomic E-state index is -0.430. The molecule has 4 nitrogen and oxygen atoms in total. The zero-order valence-electron chi connectivity index (χ0n) is 17.1. The summed E-state index contributed by atoms with van der Waals surface area (Å²) in [5, 5.41) is 8.75. The third kappa shape index (κ3) is 3.40. The predicted octanol–water partition coefficient (Wildman–Crippen LogP) is 4.98. The number of fused-ring (bicyclic) bond motifs is 3. The van der Waals surface area contributed by atoms with E-state index in [0.717, 1.165) is 24.9 Å². The van der Waals surface area contributed by atoms with Crippen molar-refractivity contribution in [3.8, 4) is 0 Å². The standard InChI is InChI=1S/C25H29N3O/c1-19-26-27-24(29-19)25(21-8-4-2-5-9-21,22-10-6-3-7-11-22)16-17-28-18-20-12-14-23(28)15-13-20/h2-11,20,23H,12-18H2,1H3. The van der Waals surface area contributed by atoms with Gasteiger partial charge in [0.1, 0.15) is 0 Å². The van der Waals surface area contributed by atoms with Gasteiger partial charge in [-0.1, -0.05) is 60.7 Å². The molecule has 3 aliphatic rings. The molecule has 3 aromatic rings. The van der Waals surface area contributed by atoms with Crippen molar-refractivity contribution in [1.29, 1.82) is 0 Å². The van der Waals surface area contributed by atoms with Gasteiger partial charge in [-0.2, -0.15) is 0 Å². The highest BCUT2D eigenvalue weighted by molar-refractivity contribution is 5.45. The van der Waals surface area contributed by atoms with Crippen LogP contribution in [0.5, 0.6) is 0 Å². The van der Waals surface area contributed by atoms with Crippen LogP contribution in [0.4, 0.5) is 0 Å². The quantitative estimate of drug-likeness (QED) is 0.598. The van der Waals surface area contributed by atoms with E-state index in [1.807, 2.05) is 6.92 Å². The van der Waals surface area contributed by atoms with Gasteiger partial charge in [0.05, 0.1) is 5.41 Å². The first-order valence-corrected chi connectivity index (χ1v) is 10.9. The topological polar surface area (TPSA) is 42.2 Å². The predicted molar refractivity (Wildman–Crippen MR) is 114 cm³/mol. The number of hydrogen-bond donors (Lipinski definition) is 0. The highest BCUT2D eigenvalue weighted by Gasteiger charge is 2.43. The lowest BCUT2D eigenvalue weighted by molar-refractivity contribution is 0.0445. The smallest absolute Gasteiger partial charge is 0.231 e. The van der Waals surface area contributed by atoms with Crippen molar-refractivity contribution in [3.63, 3.8) is 0 Å². The first-order chi connectivity index (χ1) is 14.3. The summed E-state index contributed by atoms with van der Waals surface area (Å²) in [6.45, 7) is 4.17. The van der Waals surface area contributed by atoms with Gasteiger partial charge in [-0.25, -0.2) is 0 Å². The molecule has 3 fully saturated rings. The summed E-state index contributed by atoms with van der Waals surface area (Å²) in [5.41, 5.74) is 2.01. The van der Waals surface area contributed by atoms with Gasteiger partial charge in [0.25, 0.3) is 0 Å². The van der Waals surface area contributed by atoms with Crippen molar-refractivity contribution in [3.05, 3.63) is 83.6 Å². The summed E-state index contributed by atoms with van der Waals surface area (Å²) in [4.78, 5) is 2.72. The van der Waals surface area contributed by atoms with Crippen LogP contribution in [0.2, 0.25) is 0 Å². The highest BCUT2D eigenvalue weighted by atomic mass is 16.4. The number of hydrogen-bond acceptors (Lipinski definition) is 4. The van der Waals surface area contributed by atoms with Crippen molar-refractivity contribution in [1.82, 2.24) is 15.1 Å². The Bertz CT molecular complexity index is 889. The van der Waals surface area contributed by atoms with Crippen LogP contribution < -0.4 is 0 Å². The third-order valence-corrected chi connectivity index (χ3v) is 7.02. The van der Waals surface area contributed by atoms with Crippen molar-refractivity contribution < 1.29 is 4.42 Å². The van der Waals surface area contributed by atoms with E-state index in [1.165, 1.54) is 43.4 Å². The van der Waals surface area contributed by atoms with E-state index in [-0.39, 0.29) is 0 Å². The minimum absolute atomic E-state index is 0.430. The largest absolute Gasteiger partial charge is 0.424 e. The molecule has 3 heterocycles. The maximum atomic E-state index is 6.12. The second-order valence-electron chi connectivity index (χ2n) is 8.68. The molecule has 2 bridgehead atoms. The van der Waals surface area contributed by atoms with Crippen LogP contribution in [0.1, 0.15) is 55.0 Å². The van der Waals surface area contributed by atoms with Crippen molar-refractivity contribution in [2.75, 3.05) is 13.1 Å². The van der Waals surface area contributed by atoms with Gasteiger partial charge in [0, 0.05) is 26.1 Å². The van der Waals surface area contributed by atoms with Crippen LogP contribution in [0.25, 0.3) is 0 Å². The van der Waals surface area contributed by atoms with Crippen LogP contribution in [-0.4, -0.2) is 34.2 Å². The molecule has 2 saturated heterocycles. The number of nitrogens with zero attached hydrogens (tertiary/aromatic N) is 3. The number of piperidine rings is 2. The average Bonchev–Trinajstić information content (AvgIpc) is 3.23. The van der Waals surface area contributed by atoms with Crippen molar-refractivity contribution in [2.45, 2.75) is 50.5 Å². The van der Waals surface area contributed by atoms with Gasteiger partial charge >= 0.3 is 0 Å². The molecular weight excluding hydrogens is 358 g/mol. The van der Waals surface area contributed by atoms with Crippen LogP contribution in [0.3, 0.4) is 0 Å². The summed E-state index contributed by atoms with van der Waals surface area (Å²) >= 11 is 0. The monoisotopic (exact) mass is 387 g/mol. The van der Waals surface area contributed by atoms with Crippen LogP contribution in [-0.2, 0) is 5.41 Å². The maximum Gasteiger partial charge on any atom is 0.231 e. The summed E-state index contributed by atoms with van der Waals surface area (Å²) in [7, 11) is 0. The number of aromatic nitrogens is 2.